The van der Waals surface area contributed by atoms with Crippen molar-refractivity contribution in [3.8, 4) is 0 Å². The molecule has 3 unspecified atom stereocenters. The van der Waals surface area contributed by atoms with E-state index in [1.54, 1.807) is 30.6 Å². The first-order valence-electron chi connectivity index (χ1n) is 9.93. The first kappa shape index (κ1) is 19.3. The fraction of sp³-hybridized carbons (Fsp3) is 0.240. The second-order valence-corrected chi connectivity index (χ2v) is 7.42. The SMILES string of the molecule is CCC(C)c1ccccc1C1OC(c2ccc(F)cc2)=C1C(O)c1cccnc1. The van der Waals surface area contributed by atoms with Gasteiger partial charge in [0.05, 0.1) is 5.57 Å². The normalized spacial score (nSPS) is 18.0. The summed E-state index contributed by atoms with van der Waals surface area (Å²) in [5.41, 5.74) is 4.51. The molecule has 0 radical (unpaired) electrons. The number of nitrogens with zero attached hydrogens (tertiary/aromatic N) is 1. The fourth-order valence-electron chi connectivity index (χ4n) is 3.78. The van der Waals surface area contributed by atoms with Gasteiger partial charge in [-0.05, 0) is 48.2 Å². The van der Waals surface area contributed by atoms with Crippen molar-refractivity contribution in [2.75, 3.05) is 0 Å². The van der Waals surface area contributed by atoms with Gasteiger partial charge in [0.1, 0.15) is 17.7 Å². The van der Waals surface area contributed by atoms with E-state index < -0.39 is 6.10 Å². The van der Waals surface area contributed by atoms with Gasteiger partial charge < -0.3 is 9.84 Å². The van der Waals surface area contributed by atoms with Crippen molar-refractivity contribution < 1.29 is 14.2 Å². The number of aliphatic hydroxyl groups excluding tert-OH is 1. The number of halogens is 1. The molecule has 0 saturated carbocycles. The van der Waals surface area contributed by atoms with Gasteiger partial charge in [-0.3, -0.25) is 4.98 Å². The Kier molecular flexibility index (Phi) is 5.45. The number of benzene rings is 2. The first-order chi connectivity index (χ1) is 14.1. The molecule has 1 aliphatic rings. The lowest BCUT2D eigenvalue weighted by Gasteiger charge is -2.38. The number of ether oxygens (including phenoxy) is 1. The van der Waals surface area contributed by atoms with Crippen molar-refractivity contribution in [2.24, 2.45) is 0 Å². The Hall–Kier alpha value is -2.98. The molecule has 4 heteroatoms. The molecule has 148 valence electrons. The van der Waals surface area contributed by atoms with Crippen LogP contribution in [0.4, 0.5) is 4.39 Å². The van der Waals surface area contributed by atoms with Crippen molar-refractivity contribution in [1.82, 2.24) is 4.98 Å². The lowest BCUT2D eigenvalue weighted by Crippen LogP contribution is -2.25. The standard InChI is InChI=1S/C25H24FNO2/c1-3-16(2)20-8-4-5-9-21(20)25-22(23(28)18-7-6-14-27-15-18)24(29-25)17-10-12-19(26)13-11-17/h4-16,23,25,28H,3H2,1-2H3. The van der Waals surface area contributed by atoms with E-state index in [1.807, 2.05) is 18.2 Å². The van der Waals surface area contributed by atoms with Crippen LogP contribution in [0.2, 0.25) is 0 Å². The average Bonchev–Trinajstić information content (AvgIpc) is 2.75. The van der Waals surface area contributed by atoms with Gasteiger partial charge in [0.2, 0.25) is 0 Å². The van der Waals surface area contributed by atoms with E-state index in [2.05, 4.69) is 31.0 Å². The van der Waals surface area contributed by atoms with Crippen LogP contribution >= 0.6 is 0 Å². The van der Waals surface area contributed by atoms with Crippen LogP contribution in [0.3, 0.4) is 0 Å². The van der Waals surface area contributed by atoms with E-state index in [1.165, 1.54) is 17.7 Å². The third kappa shape index (κ3) is 3.68. The Morgan fingerprint density at radius 3 is 2.52 bits per heavy atom. The lowest BCUT2D eigenvalue weighted by atomic mass is 9.82. The molecule has 3 atom stereocenters. The predicted molar refractivity (Wildman–Crippen MR) is 111 cm³/mol. The molecule has 0 bridgehead atoms. The highest BCUT2D eigenvalue weighted by atomic mass is 19.1. The zero-order valence-corrected chi connectivity index (χ0v) is 16.5. The molecule has 0 spiro atoms. The van der Waals surface area contributed by atoms with Gasteiger partial charge in [0, 0.05) is 29.1 Å². The lowest BCUT2D eigenvalue weighted by molar-refractivity contribution is 0.0931. The van der Waals surface area contributed by atoms with Crippen molar-refractivity contribution >= 4 is 5.76 Å². The number of pyridine rings is 1. The minimum Gasteiger partial charge on any atom is -0.480 e. The molecule has 3 aromatic rings. The van der Waals surface area contributed by atoms with E-state index in [-0.39, 0.29) is 11.9 Å². The Morgan fingerprint density at radius 2 is 1.83 bits per heavy atom. The maximum absolute atomic E-state index is 13.4. The summed E-state index contributed by atoms with van der Waals surface area (Å²) in [6.07, 6.45) is 3.15. The van der Waals surface area contributed by atoms with E-state index in [0.717, 1.165) is 23.1 Å². The molecule has 0 fully saturated rings. The quantitative estimate of drug-likeness (QED) is 0.566. The molecule has 1 aliphatic heterocycles. The van der Waals surface area contributed by atoms with Crippen LogP contribution in [0.25, 0.3) is 5.76 Å². The van der Waals surface area contributed by atoms with E-state index in [4.69, 9.17) is 4.74 Å². The molecular formula is C25H24FNO2. The van der Waals surface area contributed by atoms with Gasteiger partial charge in [0.15, 0.2) is 6.10 Å². The maximum Gasteiger partial charge on any atom is 0.152 e. The van der Waals surface area contributed by atoms with E-state index in [9.17, 15) is 9.50 Å². The summed E-state index contributed by atoms with van der Waals surface area (Å²) in [5.74, 6) is 0.675. The number of rotatable bonds is 6. The van der Waals surface area contributed by atoms with E-state index in [0.29, 0.717) is 17.2 Å². The summed E-state index contributed by atoms with van der Waals surface area (Å²) < 4.78 is 19.6. The summed E-state index contributed by atoms with van der Waals surface area (Å²) in [6.45, 7) is 4.35. The third-order valence-corrected chi connectivity index (χ3v) is 5.60. The van der Waals surface area contributed by atoms with E-state index >= 15 is 0 Å². The molecule has 4 rings (SSSR count). The van der Waals surface area contributed by atoms with Gasteiger partial charge in [-0.1, -0.05) is 44.2 Å². The molecule has 3 nitrogen and oxygen atoms in total. The second kappa shape index (κ2) is 8.18. The Morgan fingerprint density at radius 1 is 1.07 bits per heavy atom. The highest BCUT2D eigenvalue weighted by Crippen LogP contribution is 2.51. The highest BCUT2D eigenvalue weighted by Gasteiger charge is 2.40. The summed E-state index contributed by atoms with van der Waals surface area (Å²) in [7, 11) is 0. The number of aromatic nitrogens is 1. The molecule has 29 heavy (non-hydrogen) atoms. The van der Waals surface area contributed by atoms with Crippen LogP contribution in [0.1, 0.15) is 60.6 Å². The highest BCUT2D eigenvalue weighted by molar-refractivity contribution is 5.71. The van der Waals surface area contributed by atoms with Gasteiger partial charge in [0.25, 0.3) is 0 Å². The minimum absolute atomic E-state index is 0.304. The topological polar surface area (TPSA) is 42.4 Å². The Bertz CT molecular complexity index is 1010. The minimum atomic E-state index is -0.854. The van der Waals surface area contributed by atoms with Crippen molar-refractivity contribution in [1.29, 1.82) is 0 Å². The van der Waals surface area contributed by atoms with Crippen LogP contribution in [0.5, 0.6) is 0 Å². The monoisotopic (exact) mass is 389 g/mol. The number of hydrogen-bond acceptors (Lipinski definition) is 3. The van der Waals surface area contributed by atoms with Crippen molar-refractivity contribution in [2.45, 2.75) is 38.4 Å². The fourth-order valence-corrected chi connectivity index (χ4v) is 3.78. The molecule has 2 heterocycles. The van der Waals surface area contributed by atoms with Gasteiger partial charge in [-0.2, -0.15) is 0 Å². The molecule has 2 aromatic carbocycles. The van der Waals surface area contributed by atoms with Gasteiger partial charge in [-0.15, -0.1) is 0 Å². The molecule has 1 N–H and O–H groups in total. The number of aliphatic hydroxyl groups is 1. The molecule has 0 saturated heterocycles. The van der Waals surface area contributed by atoms with Crippen LogP contribution in [-0.2, 0) is 4.74 Å². The van der Waals surface area contributed by atoms with Crippen LogP contribution in [0, 0.1) is 5.82 Å². The maximum atomic E-state index is 13.4. The zero-order chi connectivity index (χ0) is 20.4. The van der Waals surface area contributed by atoms with Crippen molar-refractivity contribution in [3.05, 3.63) is 107 Å². The number of hydrogen-bond donors (Lipinski definition) is 1. The Balaban J connectivity index is 1.81. The third-order valence-electron chi connectivity index (χ3n) is 5.60. The largest absolute Gasteiger partial charge is 0.480 e. The molecule has 0 amide bonds. The summed E-state index contributed by atoms with van der Waals surface area (Å²) >= 11 is 0. The second-order valence-electron chi connectivity index (χ2n) is 7.42. The predicted octanol–water partition coefficient (Wildman–Crippen LogP) is 5.95. The summed E-state index contributed by atoms with van der Waals surface area (Å²) in [5, 5.41) is 11.2. The first-order valence-corrected chi connectivity index (χ1v) is 9.93. The van der Waals surface area contributed by atoms with Gasteiger partial charge in [-0.25, -0.2) is 4.39 Å². The van der Waals surface area contributed by atoms with Crippen molar-refractivity contribution in [3.63, 3.8) is 0 Å². The average molecular weight is 389 g/mol. The van der Waals surface area contributed by atoms with Gasteiger partial charge >= 0.3 is 0 Å². The smallest absolute Gasteiger partial charge is 0.152 e. The summed E-state index contributed by atoms with van der Waals surface area (Å²) in [6, 6.07) is 18.0. The molecule has 0 aliphatic carbocycles. The zero-order valence-electron chi connectivity index (χ0n) is 16.5. The molecule has 1 aromatic heterocycles. The van der Waals surface area contributed by atoms with Crippen LogP contribution in [0.15, 0.2) is 78.6 Å². The Labute approximate surface area is 170 Å². The van der Waals surface area contributed by atoms with Crippen LogP contribution < -0.4 is 0 Å². The molecular weight excluding hydrogens is 365 g/mol. The summed E-state index contributed by atoms with van der Waals surface area (Å²) in [4.78, 5) is 4.14. The van der Waals surface area contributed by atoms with Crippen LogP contribution in [-0.4, -0.2) is 10.1 Å².